The molecular formula is C15H19N. The average Bonchev–Trinajstić information content (AvgIpc) is 2.77. The van der Waals surface area contributed by atoms with Gasteiger partial charge in [-0.1, -0.05) is 29.8 Å². The van der Waals surface area contributed by atoms with Crippen molar-refractivity contribution in [3.8, 4) is 0 Å². The van der Waals surface area contributed by atoms with E-state index in [2.05, 4.69) is 29.6 Å². The van der Waals surface area contributed by atoms with Gasteiger partial charge in [0.1, 0.15) is 0 Å². The Morgan fingerprint density at radius 3 is 2.62 bits per heavy atom. The van der Waals surface area contributed by atoms with Gasteiger partial charge in [0.25, 0.3) is 0 Å². The summed E-state index contributed by atoms with van der Waals surface area (Å²) in [4.78, 5) is 0. The number of hydrogen-bond acceptors (Lipinski definition) is 1. The van der Waals surface area contributed by atoms with E-state index in [0.717, 1.165) is 13.1 Å². The van der Waals surface area contributed by atoms with E-state index in [1.54, 1.807) is 16.7 Å². The summed E-state index contributed by atoms with van der Waals surface area (Å²) >= 11 is 0. The van der Waals surface area contributed by atoms with Crippen LogP contribution in [0.5, 0.6) is 0 Å². The third-order valence-corrected chi connectivity index (χ3v) is 3.74. The molecule has 1 aliphatic carbocycles. The summed E-state index contributed by atoms with van der Waals surface area (Å²) in [6.45, 7) is 2.30. The van der Waals surface area contributed by atoms with Crippen molar-refractivity contribution < 1.29 is 0 Å². The van der Waals surface area contributed by atoms with Crippen LogP contribution in [0.25, 0.3) is 6.08 Å². The van der Waals surface area contributed by atoms with Crippen molar-refractivity contribution in [1.82, 2.24) is 5.32 Å². The van der Waals surface area contributed by atoms with Crippen molar-refractivity contribution in [2.24, 2.45) is 0 Å². The molecule has 16 heavy (non-hydrogen) atoms. The molecule has 0 amide bonds. The predicted octanol–water partition coefficient (Wildman–Crippen LogP) is 2.94. The molecular weight excluding hydrogens is 194 g/mol. The van der Waals surface area contributed by atoms with Gasteiger partial charge >= 0.3 is 0 Å². The van der Waals surface area contributed by atoms with Crippen LogP contribution in [0.4, 0.5) is 0 Å². The van der Waals surface area contributed by atoms with Gasteiger partial charge in [0, 0.05) is 0 Å². The standard InChI is InChI=1S/C15H19N/c1-2-14-5-4-13(11-15(14)3-1)10-12-6-8-16-9-7-12/h4-5,10-11,16H,1-3,6-9H2. The number of fused-ring (bicyclic) bond motifs is 1. The van der Waals surface area contributed by atoms with Crippen LogP contribution in [0.3, 0.4) is 0 Å². The van der Waals surface area contributed by atoms with Crippen LogP contribution in [0.15, 0.2) is 23.8 Å². The zero-order valence-corrected chi connectivity index (χ0v) is 9.76. The molecule has 1 heterocycles. The molecule has 0 unspecified atom stereocenters. The Hall–Kier alpha value is -1.08. The first-order valence-electron chi connectivity index (χ1n) is 6.44. The van der Waals surface area contributed by atoms with Gasteiger partial charge in [-0.2, -0.15) is 0 Å². The molecule has 1 heteroatoms. The Morgan fingerprint density at radius 1 is 0.938 bits per heavy atom. The predicted molar refractivity (Wildman–Crippen MR) is 68.5 cm³/mol. The van der Waals surface area contributed by atoms with Gasteiger partial charge in [0.15, 0.2) is 0 Å². The van der Waals surface area contributed by atoms with Gasteiger partial charge < -0.3 is 5.32 Å². The second kappa shape index (κ2) is 4.42. The van der Waals surface area contributed by atoms with E-state index in [1.165, 1.54) is 37.7 Å². The van der Waals surface area contributed by atoms with E-state index >= 15 is 0 Å². The van der Waals surface area contributed by atoms with Gasteiger partial charge in [0.05, 0.1) is 0 Å². The number of nitrogens with one attached hydrogen (secondary N) is 1. The molecule has 84 valence electrons. The second-order valence-corrected chi connectivity index (χ2v) is 4.93. The van der Waals surface area contributed by atoms with Crippen LogP contribution in [-0.4, -0.2) is 13.1 Å². The molecule has 1 aromatic carbocycles. The molecule has 0 spiro atoms. The number of piperidine rings is 1. The molecule has 0 radical (unpaired) electrons. The van der Waals surface area contributed by atoms with Gasteiger partial charge in [-0.25, -0.2) is 0 Å². The molecule has 0 atom stereocenters. The summed E-state index contributed by atoms with van der Waals surface area (Å²) in [7, 11) is 0. The van der Waals surface area contributed by atoms with Crippen molar-refractivity contribution in [2.75, 3.05) is 13.1 Å². The lowest BCUT2D eigenvalue weighted by Gasteiger charge is -2.15. The summed E-state index contributed by atoms with van der Waals surface area (Å²) in [5, 5.41) is 3.40. The van der Waals surface area contributed by atoms with Gasteiger partial charge in [-0.05, 0) is 61.9 Å². The molecule has 1 aromatic rings. The minimum atomic E-state index is 1.15. The highest BCUT2D eigenvalue weighted by atomic mass is 14.9. The number of rotatable bonds is 1. The monoisotopic (exact) mass is 213 g/mol. The van der Waals surface area contributed by atoms with E-state index in [0.29, 0.717) is 0 Å². The van der Waals surface area contributed by atoms with Gasteiger partial charge in [-0.15, -0.1) is 0 Å². The van der Waals surface area contributed by atoms with Crippen molar-refractivity contribution in [3.05, 3.63) is 40.5 Å². The Kier molecular flexibility index (Phi) is 2.79. The Morgan fingerprint density at radius 2 is 1.75 bits per heavy atom. The van der Waals surface area contributed by atoms with Crippen LogP contribution in [0, 0.1) is 0 Å². The maximum Gasteiger partial charge on any atom is -0.00113 e. The Balaban J connectivity index is 1.84. The third-order valence-electron chi connectivity index (χ3n) is 3.74. The fraction of sp³-hybridized carbons (Fsp3) is 0.467. The van der Waals surface area contributed by atoms with Crippen molar-refractivity contribution in [2.45, 2.75) is 32.1 Å². The van der Waals surface area contributed by atoms with Crippen molar-refractivity contribution in [3.63, 3.8) is 0 Å². The number of hydrogen-bond donors (Lipinski definition) is 1. The molecule has 1 fully saturated rings. The van der Waals surface area contributed by atoms with E-state index in [1.807, 2.05) is 0 Å². The average molecular weight is 213 g/mol. The van der Waals surface area contributed by atoms with Crippen molar-refractivity contribution in [1.29, 1.82) is 0 Å². The minimum Gasteiger partial charge on any atom is -0.316 e. The molecule has 1 nitrogen and oxygen atoms in total. The fourth-order valence-corrected chi connectivity index (χ4v) is 2.81. The quantitative estimate of drug-likeness (QED) is 0.756. The summed E-state index contributed by atoms with van der Waals surface area (Å²) in [5.41, 5.74) is 6.19. The Labute approximate surface area is 97.6 Å². The fourth-order valence-electron chi connectivity index (χ4n) is 2.81. The Bertz CT molecular complexity index is 409. The van der Waals surface area contributed by atoms with Gasteiger partial charge in [0.2, 0.25) is 0 Å². The topological polar surface area (TPSA) is 12.0 Å². The highest BCUT2D eigenvalue weighted by molar-refractivity contribution is 5.55. The van der Waals surface area contributed by atoms with E-state index in [-0.39, 0.29) is 0 Å². The molecule has 3 rings (SSSR count). The van der Waals surface area contributed by atoms with Crippen LogP contribution < -0.4 is 5.32 Å². The lowest BCUT2D eigenvalue weighted by Crippen LogP contribution is -2.22. The lowest BCUT2D eigenvalue weighted by atomic mass is 10.00. The smallest absolute Gasteiger partial charge is 0.00113 e. The molecule has 2 aliphatic rings. The van der Waals surface area contributed by atoms with Crippen LogP contribution in [0.2, 0.25) is 0 Å². The SMILES string of the molecule is C(=C1CCNCC1)c1ccc2c(c1)CCC2. The van der Waals surface area contributed by atoms with E-state index in [4.69, 9.17) is 0 Å². The van der Waals surface area contributed by atoms with Crippen LogP contribution in [0.1, 0.15) is 36.0 Å². The highest BCUT2D eigenvalue weighted by Crippen LogP contribution is 2.24. The summed E-state index contributed by atoms with van der Waals surface area (Å²) in [6, 6.07) is 7.02. The largest absolute Gasteiger partial charge is 0.316 e. The number of aryl methyl sites for hydroxylation is 2. The molecule has 1 saturated heterocycles. The zero-order valence-electron chi connectivity index (χ0n) is 9.76. The van der Waals surface area contributed by atoms with E-state index < -0.39 is 0 Å². The zero-order chi connectivity index (χ0) is 10.8. The van der Waals surface area contributed by atoms with Crippen molar-refractivity contribution >= 4 is 6.08 Å². The second-order valence-electron chi connectivity index (χ2n) is 4.93. The highest BCUT2D eigenvalue weighted by Gasteiger charge is 2.10. The maximum atomic E-state index is 3.40. The molecule has 1 aliphatic heterocycles. The first-order chi connectivity index (χ1) is 7.92. The molecule has 0 aromatic heterocycles. The normalized spacial score (nSPS) is 19.6. The molecule has 1 N–H and O–H groups in total. The van der Waals surface area contributed by atoms with Gasteiger partial charge in [-0.3, -0.25) is 0 Å². The first kappa shape index (κ1) is 10.1. The minimum absolute atomic E-state index is 1.15. The van der Waals surface area contributed by atoms with Crippen LogP contribution in [-0.2, 0) is 12.8 Å². The lowest BCUT2D eigenvalue weighted by molar-refractivity contribution is 0.613. The maximum absolute atomic E-state index is 3.40. The summed E-state index contributed by atoms with van der Waals surface area (Å²) in [5.74, 6) is 0. The molecule has 0 bridgehead atoms. The van der Waals surface area contributed by atoms with Crippen LogP contribution >= 0.6 is 0 Å². The molecule has 0 saturated carbocycles. The third kappa shape index (κ3) is 2.05. The summed E-state index contributed by atoms with van der Waals surface area (Å²) in [6.07, 6.45) is 8.76. The number of benzene rings is 1. The van der Waals surface area contributed by atoms with E-state index in [9.17, 15) is 0 Å². The first-order valence-corrected chi connectivity index (χ1v) is 6.44. The summed E-state index contributed by atoms with van der Waals surface area (Å²) < 4.78 is 0.